The predicted molar refractivity (Wildman–Crippen MR) is 174 cm³/mol. The molecule has 0 saturated carbocycles. The number of hydrogen-bond donors (Lipinski definition) is 4. The molecule has 0 aromatic carbocycles. The fourth-order valence-corrected chi connectivity index (χ4v) is 6.56. The predicted octanol–water partition coefficient (Wildman–Crippen LogP) is 2.13. The molecule has 0 aromatic rings. The van der Waals surface area contributed by atoms with E-state index in [9.17, 15) is 30.0 Å². The minimum Gasteiger partial charge on any atom is -0.459 e. The molecule has 2 fully saturated rings. The number of aliphatic hydroxyl groups excluding tert-OH is 4. The molecular formula is C35H57NO11. The first-order valence-corrected chi connectivity index (χ1v) is 16.9. The highest BCUT2D eigenvalue weighted by Crippen LogP contribution is 2.31. The molecule has 15 atom stereocenters. The Kier molecular flexibility index (Phi) is 15.2. The van der Waals surface area contributed by atoms with Crippen LogP contribution in [-0.2, 0) is 33.3 Å². The van der Waals surface area contributed by atoms with Gasteiger partial charge in [-0.05, 0) is 59.2 Å². The first kappa shape index (κ1) is 39.4. The van der Waals surface area contributed by atoms with Crippen molar-refractivity contribution >= 4 is 11.8 Å². The van der Waals surface area contributed by atoms with Crippen LogP contribution in [0, 0.1) is 23.7 Å². The van der Waals surface area contributed by atoms with Gasteiger partial charge in [0.15, 0.2) is 18.4 Å². The normalized spacial score (nSPS) is 44.9. The summed E-state index contributed by atoms with van der Waals surface area (Å²) < 4.78 is 29.8. The van der Waals surface area contributed by atoms with Gasteiger partial charge in [0.1, 0.15) is 30.5 Å². The van der Waals surface area contributed by atoms with E-state index in [4.69, 9.17) is 23.7 Å². The highest BCUT2D eigenvalue weighted by Gasteiger charge is 2.43. The average molecular weight is 668 g/mol. The third kappa shape index (κ3) is 10.7. The third-order valence-corrected chi connectivity index (χ3v) is 9.53. The van der Waals surface area contributed by atoms with Gasteiger partial charge in [0.2, 0.25) is 0 Å². The molecule has 0 aliphatic carbocycles. The average Bonchev–Trinajstić information content (AvgIpc) is 3.02. The van der Waals surface area contributed by atoms with E-state index in [1.165, 1.54) is 12.2 Å². The molecule has 0 radical (unpaired) electrons. The van der Waals surface area contributed by atoms with E-state index < -0.39 is 67.2 Å². The maximum atomic E-state index is 13.1. The third-order valence-electron chi connectivity index (χ3n) is 9.53. The Bertz CT molecular complexity index is 1100. The van der Waals surface area contributed by atoms with E-state index >= 15 is 0 Å². The second-order valence-electron chi connectivity index (χ2n) is 13.7. The molecule has 0 amide bonds. The summed E-state index contributed by atoms with van der Waals surface area (Å²) in [5.74, 6) is -1.87. The first-order valence-electron chi connectivity index (χ1n) is 16.9. The Labute approximate surface area is 279 Å². The van der Waals surface area contributed by atoms with Crippen molar-refractivity contribution in [3.63, 3.8) is 0 Å². The Morgan fingerprint density at radius 3 is 2.21 bits per heavy atom. The number of ketones is 1. The van der Waals surface area contributed by atoms with Crippen LogP contribution in [0.25, 0.3) is 0 Å². The maximum absolute atomic E-state index is 13.1. The van der Waals surface area contributed by atoms with Crippen LogP contribution in [0.2, 0.25) is 0 Å². The molecule has 268 valence electrons. The lowest BCUT2D eigenvalue weighted by atomic mass is 9.84. The van der Waals surface area contributed by atoms with Crippen LogP contribution in [-0.4, -0.2) is 125 Å². The zero-order chi connectivity index (χ0) is 35.0. The Hall–Kier alpha value is -2.00. The zero-order valence-corrected chi connectivity index (χ0v) is 29.0. The summed E-state index contributed by atoms with van der Waals surface area (Å²) in [4.78, 5) is 28.2. The quantitative estimate of drug-likeness (QED) is 0.293. The molecule has 0 bridgehead atoms. The number of nitrogens with zero attached hydrogens (tertiary/aromatic N) is 1. The summed E-state index contributed by atoms with van der Waals surface area (Å²) >= 11 is 0. The molecule has 3 rings (SSSR count). The Morgan fingerprint density at radius 2 is 1.55 bits per heavy atom. The number of allylic oxidation sites excluding steroid dienone is 3. The van der Waals surface area contributed by atoms with Gasteiger partial charge in [0.05, 0.1) is 24.9 Å². The summed E-state index contributed by atoms with van der Waals surface area (Å²) in [6, 6.07) is -0.152. The van der Waals surface area contributed by atoms with Crippen LogP contribution in [0.5, 0.6) is 0 Å². The SMILES string of the molecule is CC[C@@H]1OC(=O)/C=C/[C@H](C)[C@H](O[C@@H]2O[C@H](C)C[C@@H](N(C)C)[C@@H]2O)[C@@H](C)C[C@H](C)C(=O)/C=C/C=C/[C@@H]1CO[C@@H]1O[C@@H](C)[C@H](O)[C@H](O)[C@@H]1O. The topological polar surface area (TPSA) is 164 Å². The van der Waals surface area contributed by atoms with Gasteiger partial charge in [0.25, 0.3) is 0 Å². The van der Waals surface area contributed by atoms with Gasteiger partial charge in [-0.15, -0.1) is 0 Å². The largest absolute Gasteiger partial charge is 0.459 e. The Morgan fingerprint density at radius 1 is 0.851 bits per heavy atom. The van der Waals surface area contributed by atoms with Crippen LogP contribution in [0.4, 0.5) is 0 Å². The van der Waals surface area contributed by atoms with E-state index in [1.54, 1.807) is 31.2 Å². The van der Waals surface area contributed by atoms with Crippen LogP contribution >= 0.6 is 0 Å². The van der Waals surface area contributed by atoms with Gasteiger partial charge in [0, 0.05) is 29.9 Å². The van der Waals surface area contributed by atoms with Crippen LogP contribution in [0.1, 0.15) is 60.8 Å². The maximum Gasteiger partial charge on any atom is 0.330 e. The fraction of sp³-hybridized carbons (Fsp3) is 0.771. The van der Waals surface area contributed by atoms with Gasteiger partial charge in [-0.1, -0.05) is 52.0 Å². The van der Waals surface area contributed by atoms with E-state index in [0.29, 0.717) is 19.3 Å². The molecule has 0 spiro atoms. The van der Waals surface area contributed by atoms with E-state index in [0.717, 1.165) is 0 Å². The van der Waals surface area contributed by atoms with Crippen molar-refractivity contribution < 1.29 is 53.7 Å². The monoisotopic (exact) mass is 667 g/mol. The first-order chi connectivity index (χ1) is 22.1. The highest BCUT2D eigenvalue weighted by molar-refractivity contribution is 5.91. The molecule has 0 aromatic heterocycles. The molecule has 3 heterocycles. The molecule has 0 unspecified atom stereocenters. The molecular weight excluding hydrogens is 610 g/mol. The van der Waals surface area contributed by atoms with Gasteiger partial charge >= 0.3 is 5.97 Å². The van der Waals surface area contributed by atoms with Crippen molar-refractivity contribution in [1.82, 2.24) is 4.90 Å². The van der Waals surface area contributed by atoms with Crippen molar-refractivity contribution in [2.75, 3.05) is 20.7 Å². The summed E-state index contributed by atoms with van der Waals surface area (Å²) in [5.41, 5.74) is 0. The van der Waals surface area contributed by atoms with Crippen molar-refractivity contribution in [2.45, 2.75) is 128 Å². The number of carbonyl (C=O) groups excluding carboxylic acids is 2. The summed E-state index contributed by atoms with van der Waals surface area (Å²) in [6.45, 7) is 11.1. The van der Waals surface area contributed by atoms with Gasteiger partial charge < -0.3 is 49.0 Å². The van der Waals surface area contributed by atoms with E-state index in [2.05, 4.69) is 0 Å². The zero-order valence-electron chi connectivity index (χ0n) is 29.0. The van der Waals surface area contributed by atoms with Gasteiger partial charge in [-0.3, -0.25) is 4.79 Å². The lowest BCUT2D eigenvalue weighted by Crippen LogP contribution is -2.57. The molecule has 4 N–H and O–H groups in total. The number of carbonyl (C=O) groups is 2. The summed E-state index contributed by atoms with van der Waals surface area (Å²) in [6.07, 6.45) is 2.12. The van der Waals surface area contributed by atoms with Crippen molar-refractivity contribution in [1.29, 1.82) is 0 Å². The second kappa shape index (κ2) is 18.1. The number of aliphatic hydroxyl groups is 4. The minimum absolute atomic E-state index is 0.0403. The van der Waals surface area contributed by atoms with Gasteiger partial charge in [-0.2, -0.15) is 0 Å². The minimum atomic E-state index is -1.47. The van der Waals surface area contributed by atoms with Crippen molar-refractivity contribution in [3.05, 3.63) is 36.5 Å². The van der Waals surface area contributed by atoms with Crippen molar-refractivity contribution in [3.8, 4) is 0 Å². The number of rotatable bonds is 7. The molecule has 47 heavy (non-hydrogen) atoms. The summed E-state index contributed by atoms with van der Waals surface area (Å²) in [7, 11) is 3.82. The standard InChI is InChI=1S/C35H57NO11/c1-9-27-24(18-43-34-32(42)31(41)29(39)23(6)45-34)12-10-11-13-26(37)20(3)16-21(4)33(19(2)14-15-28(38)46-27)47-35-30(40)25(36(7)8)17-22(5)44-35/h10-15,19-25,27,29-35,39-42H,9,16-18H2,1-8H3/b12-10+,13-11+,15-14+/t19-,20-,21-,22+,23-,24+,25+,27-,29-,30-,31-,32-,33-,34+,35-/m0/s1. The number of esters is 1. The molecule has 12 nitrogen and oxygen atoms in total. The van der Waals surface area contributed by atoms with Crippen LogP contribution < -0.4 is 0 Å². The number of ether oxygens (including phenoxy) is 5. The molecule has 3 aliphatic heterocycles. The van der Waals surface area contributed by atoms with Crippen LogP contribution in [0.3, 0.4) is 0 Å². The lowest BCUT2D eigenvalue weighted by Gasteiger charge is -2.43. The van der Waals surface area contributed by atoms with Crippen molar-refractivity contribution in [2.24, 2.45) is 23.7 Å². The van der Waals surface area contributed by atoms with E-state index in [-0.39, 0.29) is 42.3 Å². The van der Waals surface area contributed by atoms with E-state index in [1.807, 2.05) is 53.6 Å². The summed E-state index contributed by atoms with van der Waals surface area (Å²) in [5, 5.41) is 41.8. The molecule has 3 aliphatic rings. The number of hydrogen-bond acceptors (Lipinski definition) is 12. The molecule has 2 saturated heterocycles. The van der Waals surface area contributed by atoms with Crippen LogP contribution in [0.15, 0.2) is 36.5 Å². The fourth-order valence-electron chi connectivity index (χ4n) is 6.56. The second-order valence-corrected chi connectivity index (χ2v) is 13.7. The van der Waals surface area contributed by atoms with Gasteiger partial charge in [-0.25, -0.2) is 4.79 Å². The Balaban J connectivity index is 1.84. The number of likely N-dealkylation sites (N-methyl/N-ethyl adjacent to an activating group) is 1. The lowest BCUT2D eigenvalue weighted by molar-refractivity contribution is -0.295. The smallest absolute Gasteiger partial charge is 0.330 e. The number of cyclic esters (lactones) is 1. The highest BCUT2D eigenvalue weighted by atomic mass is 16.7. The molecule has 12 heteroatoms.